The molecule has 47 heavy (non-hydrogen) atoms. The van der Waals surface area contributed by atoms with E-state index in [1.54, 1.807) is 42.7 Å². The van der Waals surface area contributed by atoms with Crippen molar-refractivity contribution in [2.24, 2.45) is 0 Å². The second-order valence-corrected chi connectivity index (χ2v) is 11.8. The number of aromatic nitrogens is 1. The number of nitrogens with one attached hydrogen (secondary N) is 1. The monoisotopic (exact) mass is 644 g/mol. The summed E-state index contributed by atoms with van der Waals surface area (Å²) in [6.45, 7) is 6.88. The Morgan fingerprint density at radius 3 is 1.91 bits per heavy atom. The Morgan fingerprint density at radius 1 is 0.809 bits per heavy atom. The summed E-state index contributed by atoms with van der Waals surface area (Å²) >= 11 is 0. The first-order chi connectivity index (χ1) is 22.9. The molecule has 1 saturated heterocycles. The van der Waals surface area contributed by atoms with Crippen molar-refractivity contribution in [2.75, 3.05) is 68.8 Å². The molecule has 10 heteroatoms. The van der Waals surface area contributed by atoms with Gasteiger partial charge in [-0.15, -0.1) is 0 Å². The fourth-order valence-electron chi connectivity index (χ4n) is 6.72. The third-order valence-corrected chi connectivity index (χ3v) is 9.23. The number of benzene rings is 2. The summed E-state index contributed by atoms with van der Waals surface area (Å²) in [6.07, 6.45) is 12.4. The smallest absolute Gasteiger partial charge is 0.203 e. The third-order valence-electron chi connectivity index (χ3n) is 9.23. The van der Waals surface area contributed by atoms with Gasteiger partial charge in [-0.05, 0) is 92.3 Å². The normalized spacial score (nSPS) is 18.1. The molecule has 2 aromatic carbocycles. The molecule has 0 saturated carbocycles. The average molecular weight is 645 g/mol. The lowest BCUT2D eigenvalue weighted by atomic mass is 9.86. The van der Waals surface area contributed by atoms with E-state index in [1.165, 1.54) is 5.56 Å². The van der Waals surface area contributed by atoms with Gasteiger partial charge in [0.05, 0.1) is 53.9 Å². The number of rotatable bonds is 14. The van der Waals surface area contributed by atoms with Crippen LogP contribution in [0.25, 0.3) is 11.3 Å². The van der Waals surface area contributed by atoms with Gasteiger partial charge >= 0.3 is 0 Å². The van der Waals surface area contributed by atoms with E-state index < -0.39 is 5.54 Å². The second-order valence-electron chi connectivity index (χ2n) is 11.8. The van der Waals surface area contributed by atoms with Crippen molar-refractivity contribution in [1.82, 2.24) is 20.1 Å². The van der Waals surface area contributed by atoms with Gasteiger partial charge < -0.3 is 38.6 Å². The van der Waals surface area contributed by atoms with E-state index in [4.69, 9.17) is 28.4 Å². The van der Waals surface area contributed by atoms with Crippen LogP contribution in [-0.4, -0.2) is 89.7 Å². The number of likely N-dealkylation sites (tertiary alicyclic amines) is 1. The number of methoxy groups -OCH3 is 6. The number of hydrogen-bond donors (Lipinski definition) is 1. The van der Waals surface area contributed by atoms with Crippen LogP contribution in [0.3, 0.4) is 0 Å². The van der Waals surface area contributed by atoms with E-state index in [0.717, 1.165) is 62.4 Å². The number of dihydropyridines is 1. The maximum absolute atomic E-state index is 5.70. The highest BCUT2D eigenvalue weighted by Gasteiger charge is 2.35. The van der Waals surface area contributed by atoms with Crippen LogP contribution in [0.4, 0.5) is 0 Å². The highest BCUT2D eigenvalue weighted by Crippen LogP contribution is 2.43. The molecule has 5 rings (SSSR count). The molecule has 0 radical (unpaired) electrons. The van der Waals surface area contributed by atoms with Crippen LogP contribution < -0.4 is 33.7 Å². The van der Waals surface area contributed by atoms with E-state index in [1.807, 2.05) is 42.7 Å². The molecule has 3 aromatic rings. The van der Waals surface area contributed by atoms with Gasteiger partial charge in [0.15, 0.2) is 23.0 Å². The van der Waals surface area contributed by atoms with E-state index in [0.29, 0.717) is 40.5 Å². The highest BCUT2D eigenvalue weighted by atomic mass is 16.5. The highest BCUT2D eigenvalue weighted by molar-refractivity contribution is 5.69. The van der Waals surface area contributed by atoms with Crippen molar-refractivity contribution in [1.29, 1.82) is 0 Å². The van der Waals surface area contributed by atoms with Crippen molar-refractivity contribution in [3.05, 3.63) is 78.1 Å². The van der Waals surface area contributed by atoms with Gasteiger partial charge in [0.2, 0.25) is 11.5 Å². The van der Waals surface area contributed by atoms with Gasteiger partial charge in [0, 0.05) is 30.9 Å². The summed E-state index contributed by atoms with van der Waals surface area (Å²) < 4.78 is 33.6. The summed E-state index contributed by atoms with van der Waals surface area (Å²) in [5.74, 6) is 3.67. The predicted octanol–water partition coefficient (Wildman–Crippen LogP) is 5.66. The van der Waals surface area contributed by atoms with E-state index >= 15 is 0 Å². The topological polar surface area (TPSA) is 86.8 Å². The molecular formula is C37H48N4O6. The number of allylic oxidation sites excluding steroid dienone is 2. The molecule has 2 aliphatic heterocycles. The molecule has 0 spiro atoms. The zero-order chi connectivity index (χ0) is 33.4. The minimum atomic E-state index is -0.431. The van der Waals surface area contributed by atoms with Gasteiger partial charge in [0.1, 0.15) is 0 Å². The van der Waals surface area contributed by atoms with Gasteiger partial charge in [-0.3, -0.25) is 9.88 Å². The number of hydrogen-bond acceptors (Lipinski definition) is 10. The lowest BCUT2D eigenvalue weighted by molar-refractivity contribution is 0.0945. The molecule has 0 bridgehead atoms. The fraction of sp³-hybridized carbons (Fsp3) is 0.432. The number of piperidine rings is 1. The Bertz CT molecular complexity index is 1520. The maximum Gasteiger partial charge on any atom is 0.203 e. The summed E-state index contributed by atoms with van der Waals surface area (Å²) in [5, 5.41) is 3.65. The summed E-state index contributed by atoms with van der Waals surface area (Å²) in [6, 6.07) is 12.7. The Labute approximate surface area is 278 Å². The Kier molecular flexibility index (Phi) is 11.2. The first-order valence-electron chi connectivity index (χ1n) is 16.1. The molecule has 1 fully saturated rings. The average Bonchev–Trinajstić information content (AvgIpc) is 3.13. The van der Waals surface area contributed by atoms with E-state index in [9.17, 15) is 0 Å². The molecule has 1 unspecified atom stereocenters. The molecule has 3 heterocycles. The van der Waals surface area contributed by atoms with Crippen LogP contribution in [0.2, 0.25) is 0 Å². The summed E-state index contributed by atoms with van der Waals surface area (Å²) in [4.78, 5) is 9.81. The molecule has 1 atom stereocenters. The van der Waals surface area contributed by atoms with Gasteiger partial charge in [-0.2, -0.15) is 0 Å². The van der Waals surface area contributed by atoms with Crippen molar-refractivity contribution in [3.8, 4) is 45.8 Å². The molecular weight excluding hydrogens is 596 g/mol. The number of nitrogens with zero attached hydrogens (tertiary/aromatic N) is 3. The molecule has 10 nitrogen and oxygen atoms in total. The zero-order valence-corrected chi connectivity index (χ0v) is 28.7. The summed E-state index contributed by atoms with van der Waals surface area (Å²) in [7, 11) is 9.80. The zero-order valence-electron chi connectivity index (χ0n) is 28.7. The molecule has 2 aliphatic rings. The SMILES string of the molecule is CCN(Cc1ccnc(-c2cc(OC)c(OC)c(OC)c2)c1)C1CCN(CC2(c3cc(OC)c(OC)c(OC)c3)C=CC=CN2)CC1. The standard InChI is InChI=1S/C37H48N4O6/c1-8-41(24-26-11-16-38-30(19-26)27-20-31(42-2)35(46-6)32(21-27)43-3)29-12-17-40(18-13-29)25-37(14-9-10-15-39-37)28-22-33(44-4)36(47-7)34(23-28)45-5/h9-11,14-16,19-23,29,39H,8,12-13,17-18,24-25H2,1-7H3. The van der Waals surface area contributed by atoms with Crippen LogP contribution in [-0.2, 0) is 12.1 Å². The minimum absolute atomic E-state index is 0.431. The Balaban J connectivity index is 1.28. The number of ether oxygens (including phenoxy) is 6. The quantitative estimate of drug-likeness (QED) is 0.238. The summed E-state index contributed by atoms with van der Waals surface area (Å²) in [5.41, 5.74) is 3.63. The minimum Gasteiger partial charge on any atom is -0.493 e. The van der Waals surface area contributed by atoms with E-state index in [2.05, 4.69) is 51.3 Å². The van der Waals surface area contributed by atoms with Crippen molar-refractivity contribution < 1.29 is 28.4 Å². The third kappa shape index (κ3) is 7.29. The van der Waals surface area contributed by atoms with Crippen molar-refractivity contribution in [3.63, 3.8) is 0 Å². The Hall–Kier alpha value is -4.41. The van der Waals surface area contributed by atoms with Crippen molar-refractivity contribution in [2.45, 2.75) is 37.9 Å². The molecule has 1 aromatic heterocycles. The molecule has 0 amide bonds. The first-order valence-corrected chi connectivity index (χ1v) is 16.1. The van der Waals surface area contributed by atoms with Crippen LogP contribution >= 0.6 is 0 Å². The van der Waals surface area contributed by atoms with Crippen LogP contribution in [0, 0.1) is 0 Å². The van der Waals surface area contributed by atoms with Crippen LogP contribution in [0.15, 0.2) is 67.0 Å². The van der Waals surface area contributed by atoms with Crippen LogP contribution in [0.5, 0.6) is 34.5 Å². The van der Waals surface area contributed by atoms with Gasteiger partial charge in [-0.1, -0.05) is 19.1 Å². The Morgan fingerprint density at radius 2 is 1.40 bits per heavy atom. The fourth-order valence-corrected chi connectivity index (χ4v) is 6.72. The lowest BCUT2D eigenvalue weighted by Crippen LogP contribution is -2.52. The van der Waals surface area contributed by atoms with Gasteiger partial charge in [-0.25, -0.2) is 0 Å². The molecule has 1 N–H and O–H groups in total. The second kappa shape index (κ2) is 15.5. The first kappa shape index (κ1) is 33.9. The molecule has 0 aliphatic carbocycles. The van der Waals surface area contributed by atoms with Crippen molar-refractivity contribution >= 4 is 0 Å². The maximum atomic E-state index is 5.70. The van der Waals surface area contributed by atoms with Crippen LogP contribution in [0.1, 0.15) is 30.9 Å². The largest absolute Gasteiger partial charge is 0.493 e. The predicted molar refractivity (Wildman–Crippen MR) is 184 cm³/mol. The number of pyridine rings is 1. The van der Waals surface area contributed by atoms with Gasteiger partial charge in [0.25, 0.3) is 0 Å². The molecule has 252 valence electrons. The van der Waals surface area contributed by atoms with E-state index in [-0.39, 0.29) is 0 Å². The lowest BCUT2D eigenvalue weighted by Gasteiger charge is -2.43.